The van der Waals surface area contributed by atoms with E-state index in [2.05, 4.69) is 5.32 Å². The lowest BCUT2D eigenvalue weighted by atomic mass is 10.3. The highest BCUT2D eigenvalue weighted by Gasteiger charge is 2.16. The quantitative estimate of drug-likeness (QED) is 0.678. The van der Waals surface area contributed by atoms with Crippen molar-refractivity contribution in [3.8, 4) is 0 Å². The summed E-state index contributed by atoms with van der Waals surface area (Å²) in [5, 5.41) is 2.79. The van der Waals surface area contributed by atoms with Gasteiger partial charge in [0.15, 0.2) is 0 Å². The fraction of sp³-hybridized carbons (Fsp3) is 0.778. The number of hydrogen-bond acceptors (Lipinski definition) is 2. The van der Waals surface area contributed by atoms with Gasteiger partial charge in [-0.05, 0) is 20.3 Å². The molecule has 0 saturated heterocycles. The third kappa shape index (κ3) is 5.01. The van der Waals surface area contributed by atoms with Crippen molar-refractivity contribution in [3.05, 3.63) is 0 Å². The van der Waals surface area contributed by atoms with E-state index in [4.69, 9.17) is 18.0 Å². The smallest absolute Gasteiger partial charge is 0.318 e. The Bertz CT molecular complexity index is 206. The molecule has 2 amide bonds. The molecule has 0 aliphatic carbocycles. The number of nitrogens with zero attached hydrogens (tertiary/aromatic N) is 1. The van der Waals surface area contributed by atoms with Crippen LogP contribution >= 0.6 is 12.2 Å². The second-order valence-electron chi connectivity index (χ2n) is 3.42. The van der Waals surface area contributed by atoms with Crippen molar-refractivity contribution in [2.24, 2.45) is 5.73 Å². The molecule has 0 heterocycles. The van der Waals surface area contributed by atoms with E-state index in [1.165, 1.54) is 0 Å². The van der Waals surface area contributed by atoms with Crippen LogP contribution in [-0.2, 0) is 0 Å². The lowest BCUT2D eigenvalue weighted by molar-refractivity contribution is 0.192. The molecular formula is C9H19N3OS. The number of thiocarbonyl (C=S) groups is 1. The van der Waals surface area contributed by atoms with E-state index in [9.17, 15) is 4.79 Å². The topological polar surface area (TPSA) is 58.4 Å². The molecule has 0 aromatic heterocycles. The average Bonchev–Trinajstić information content (AvgIpc) is 2.09. The lowest BCUT2D eigenvalue weighted by Gasteiger charge is -2.26. The Hall–Kier alpha value is -0.840. The number of rotatable bonds is 5. The van der Waals surface area contributed by atoms with E-state index >= 15 is 0 Å². The van der Waals surface area contributed by atoms with Crippen LogP contribution < -0.4 is 11.1 Å². The van der Waals surface area contributed by atoms with Crippen LogP contribution in [0.5, 0.6) is 0 Å². The molecule has 0 atom stereocenters. The average molecular weight is 217 g/mol. The fourth-order valence-corrected chi connectivity index (χ4v) is 1.13. The van der Waals surface area contributed by atoms with E-state index in [1.807, 2.05) is 20.8 Å². The molecule has 0 fully saturated rings. The van der Waals surface area contributed by atoms with E-state index in [-0.39, 0.29) is 12.1 Å². The normalized spacial score (nSPS) is 10.0. The minimum Gasteiger partial charge on any atom is -0.392 e. The first-order valence-electron chi connectivity index (χ1n) is 4.81. The van der Waals surface area contributed by atoms with Crippen LogP contribution in [0.15, 0.2) is 0 Å². The molecule has 5 heteroatoms. The highest BCUT2D eigenvalue weighted by Crippen LogP contribution is 1.98. The van der Waals surface area contributed by atoms with Crippen LogP contribution in [0.2, 0.25) is 0 Å². The maximum Gasteiger partial charge on any atom is 0.318 e. The molecule has 0 radical (unpaired) electrons. The second-order valence-corrected chi connectivity index (χ2v) is 3.94. The molecule has 3 N–H and O–H groups in total. The zero-order chi connectivity index (χ0) is 11.1. The molecule has 0 spiro atoms. The summed E-state index contributed by atoms with van der Waals surface area (Å²) in [4.78, 5) is 13.5. The molecule has 0 bridgehead atoms. The van der Waals surface area contributed by atoms with Gasteiger partial charge in [-0.2, -0.15) is 0 Å². The van der Waals surface area contributed by atoms with Crippen LogP contribution in [0.3, 0.4) is 0 Å². The molecule has 82 valence electrons. The van der Waals surface area contributed by atoms with Crippen molar-refractivity contribution < 1.29 is 4.79 Å². The summed E-state index contributed by atoms with van der Waals surface area (Å²) in [6, 6.07) is 0.00278. The fourth-order valence-electron chi connectivity index (χ4n) is 0.990. The van der Waals surface area contributed by atoms with Crippen LogP contribution in [0, 0.1) is 0 Å². The molecule has 14 heavy (non-hydrogen) atoms. The molecule has 0 unspecified atom stereocenters. The third-order valence-corrected chi connectivity index (χ3v) is 1.87. The van der Waals surface area contributed by atoms with E-state index in [0.717, 1.165) is 6.42 Å². The SMILES string of the molecule is CCCNC(=O)N(CC(N)=S)C(C)C. The molecule has 0 aliphatic rings. The third-order valence-electron chi connectivity index (χ3n) is 1.74. The lowest BCUT2D eigenvalue weighted by Crippen LogP contribution is -2.47. The van der Waals surface area contributed by atoms with Gasteiger partial charge in [-0.15, -0.1) is 0 Å². The van der Waals surface area contributed by atoms with Crippen molar-refractivity contribution in [3.63, 3.8) is 0 Å². The van der Waals surface area contributed by atoms with Crippen molar-refractivity contribution >= 4 is 23.2 Å². The standard InChI is InChI=1S/C9H19N3OS/c1-4-5-11-9(13)12(7(2)3)6-8(10)14/h7H,4-6H2,1-3H3,(H2,10,14)(H,11,13). The Morgan fingerprint density at radius 3 is 2.50 bits per heavy atom. The minimum atomic E-state index is -0.102. The zero-order valence-electron chi connectivity index (χ0n) is 9.04. The first-order valence-corrected chi connectivity index (χ1v) is 5.22. The Morgan fingerprint density at radius 2 is 2.14 bits per heavy atom. The molecule has 4 nitrogen and oxygen atoms in total. The van der Waals surface area contributed by atoms with Crippen LogP contribution in [-0.4, -0.2) is 35.1 Å². The second kappa shape index (κ2) is 6.59. The van der Waals surface area contributed by atoms with Crippen LogP contribution in [0.25, 0.3) is 0 Å². The molecule has 0 aliphatic heterocycles. The molecule has 0 rings (SSSR count). The maximum absolute atomic E-state index is 11.6. The number of nitrogens with two attached hydrogens (primary N) is 1. The Kier molecular flexibility index (Phi) is 6.19. The van der Waals surface area contributed by atoms with Crippen LogP contribution in [0.4, 0.5) is 4.79 Å². The van der Waals surface area contributed by atoms with E-state index < -0.39 is 0 Å². The predicted molar refractivity (Wildman–Crippen MR) is 62.3 cm³/mol. The van der Waals surface area contributed by atoms with Gasteiger partial charge in [0.25, 0.3) is 0 Å². The first kappa shape index (κ1) is 13.2. The number of amides is 2. The van der Waals surface area contributed by atoms with Crippen molar-refractivity contribution in [1.82, 2.24) is 10.2 Å². The van der Waals surface area contributed by atoms with Gasteiger partial charge in [0.2, 0.25) is 0 Å². The number of nitrogens with one attached hydrogen (secondary N) is 1. The Labute approximate surface area is 90.8 Å². The number of carbonyl (C=O) groups is 1. The van der Waals surface area contributed by atoms with Gasteiger partial charge in [0, 0.05) is 12.6 Å². The van der Waals surface area contributed by atoms with Crippen molar-refractivity contribution in [2.75, 3.05) is 13.1 Å². The molecular weight excluding hydrogens is 198 g/mol. The van der Waals surface area contributed by atoms with Gasteiger partial charge in [0.1, 0.15) is 0 Å². The summed E-state index contributed by atoms with van der Waals surface area (Å²) in [6.45, 7) is 6.89. The summed E-state index contributed by atoms with van der Waals surface area (Å²) in [7, 11) is 0. The van der Waals surface area contributed by atoms with Gasteiger partial charge < -0.3 is 16.0 Å². The van der Waals surface area contributed by atoms with Gasteiger partial charge in [0.05, 0.1) is 11.5 Å². The van der Waals surface area contributed by atoms with Crippen molar-refractivity contribution in [2.45, 2.75) is 33.2 Å². The van der Waals surface area contributed by atoms with Gasteiger partial charge in [-0.3, -0.25) is 0 Å². The summed E-state index contributed by atoms with van der Waals surface area (Å²) in [5.41, 5.74) is 5.41. The molecule has 0 saturated carbocycles. The first-order chi connectivity index (χ1) is 6.49. The van der Waals surface area contributed by atoms with E-state index in [0.29, 0.717) is 18.1 Å². The Morgan fingerprint density at radius 1 is 1.57 bits per heavy atom. The maximum atomic E-state index is 11.6. The highest BCUT2D eigenvalue weighted by molar-refractivity contribution is 7.80. The molecule has 0 aromatic rings. The van der Waals surface area contributed by atoms with Crippen LogP contribution in [0.1, 0.15) is 27.2 Å². The monoisotopic (exact) mass is 217 g/mol. The molecule has 0 aromatic carbocycles. The van der Waals surface area contributed by atoms with Gasteiger partial charge >= 0.3 is 6.03 Å². The Balaban J connectivity index is 4.19. The summed E-state index contributed by atoms with van der Waals surface area (Å²) >= 11 is 4.78. The van der Waals surface area contributed by atoms with E-state index in [1.54, 1.807) is 4.90 Å². The summed E-state index contributed by atoms with van der Waals surface area (Å²) < 4.78 is 0. The number of urea groups is 1. The highest BCUT2D eigenvalue weighted by atomic mass is 32.1. The predicted octanol–water partition coefficient (Wildman–Crippen LogP) is 1.10. The summed E-state index contributed by atoms with van der Waals surface area (Å²) in [6.07, 6.45) is 0.921. The van der Waals surface area contributed by atoms with Gasteiger partial charge in [-0.25, -0.2) is 4.79 Å². The van der Waals surface area contributed by atoms with Crippen molar-refractivity contribution in [1.29, 1.82) is 0 Å². The summed E-state index contributed by atoms with van der Waals surface area (Å²) in [5.74, 6) is 0. The zero-order valence-corrected chi connectivity index (χ0v) is 9.86. The van der Waals surface area contributed by atoms with Gasteiger partial charge in [-0.1, -0.05) is 19.1 Å². The minimum absolute atomic E-state index is 0.102. The number of hydrogen-bond donors (Lipinski definition) is 2. The largest absolute Gasteiger partial charge is 0.392 e. The number of carbonyl (C=O) groups excluding carboxylic acids is 1.